The van der Waals surface area contributed by atoms with E-state index >= 15 is 0 Å². The van der Waals surface area contributed by atoms with Crippen molar-refractivity contribution in [3.63, 3.8) is 0 Å². The Hall–Kier alpha value is -2.54. The highest BCUT2D eigenvalue weighted by atomic mass is 35.5. The van der Waals surface area contributed by atoms with Crippen molar-refractivity contribution >= 4 is 51.4 Å². The van der Waals surface area contributed by atoms with E-state index in [4.69, 9.17) is 32.7 Å². The second-order valence-electron chi connectivity index (χ2n) is 8.12. The molecule has 3 aromatic rings. The highest BCUT2D eigenvalue weighted by Gasteiger charge is 2.25. The minimum atomic E-state index is -0.542. The molecule has 0 aliphatic heterocycles. The van der Waals surface area contributed by atoms with Gasteiger partial charge in [0.15, 0.2) is 0 Å². The molecule has 0 aliphatic rings. The number of amides is 1. The Morgan fingerprint density at radius 1 is 1.00 bits per heavy atom. The van der Waals surface area contributed by atoms with E-state index in [1.165, 1.54) is 11.3 Å². The molecule has 1 heterocycles. The summed E-state index contributed by atoms with van der Waals surface area (Å²) in [5, 5.41) is 5.87. The molecule has 0 aliphatic carbocycles. The standard InChI is InChI=1S/C25H25Cl2NO4S/c1-14(2)12-31-18-8-5-16(6-9-18)23(29)28-24-22(25(30)32-15(3)4)20(13-33-24)19-10-7-17(26)11-21(19)27/h5-11,13-15H,12H2,1-4H3,(H,28,29). The van der Waals surface area contributed by atoms with E-state index in [0.717, 1.165) is 0 Å². The van der Waals surface area contributed by atoms with Crippen LogP contribution in [0.3, 0.4) is 0 Å². The fourth-order valence-corrected chi connectivity index (χ4v) is 4.43. The highest BCUT2D eigenvalue weighted by Crippen LogP contribution is 2.40. The maximum atomic E-state index is 12.9. The van der Waals surface area contributed by atoms with Crippen molar-refractivity contribution in [2.45, 2.75) is 33.8 Å². The molecule has 3 rings (SSSR count). The summed E-state index contributed by atoms with van der Waals surface area (Å²) in [5.41, 5.74) is 1.89. The molecule has 174 valence electrons. The molecule has 2 aromatic carbocycles. The van der Waals surface area contributed by atoms with E-state index < -0.39 is 5.97 Å². The average Bonchev–Trinajstić information content (AvgIpc) is 3.15. The van der Waals surface area contributed by atoms with Crippen LogP contribution in [0.2, 0.25) is 10.0 Å². The summed E-state index contributed by atoms with van der Waals surface area (Å²) < 4.78 is 11.1. The van der Waals surface area contributed by atoms with E-state index in [1.807, 2.05) is 0 Å². The van der Waals surface area contributed by atoms with Gasteiger partial charge in [0.05, 0.1) is 12.7 Å². The molecule has 0 fully saturated rings. The highest BCUT2D eigenvalue weighted by molar-refractivity contribution is 7.15. The summed E-state index contributed by atoms with van der Waals surface area (Å²) >= 11 is 13.6. The topological polar surface area (TPSA) is 64.6 Å². The molecule has 1 amide bonds. The number of carbonyl (C=O) groups is 2. The lowest BCUT2D eigenvalue weighted by Gasteiger charge is -2.13. The summed E-state index contributed by atoms with van der Waals surface area (Å²) in [6.45, 7) is 8.26. The molecule has 8 heteroatoms. The molecule has 0 saturated heterocycles. The molecule has 0 atom stereocenters. The predicted octanol–water partition coefficient (Wildman–Crippen LogP) is 7.57. The Morgan fingerprint density at radius 3 is 2.30 bits per heavy atom. The maximum Gasteiger partial charge on any atom is 0.342 e. The largest absolute Gasteiger partial charge is 0.493 e. The lowest BCUT2D eigenvalue weighted by molar-refractivity contribution is 0.0380. The SMILES string of the molecule is CC(C)COc1ccc(C(=O)Nc2scc(-c3ccc(Cl)cc3Cl)c2C(=O)OC(C)C)cc1. The van der Waals surface area contributed by atoms with Gasteiger partial charge in [-0.25, -0.2) is 4.79 Å². The molecule has 5 nitrogen and oxygen atoms in total. The Labute approximate surface area is 207 Å². The lowest BCUT2D eigenvalue weighted by Crippen LogP contribution is -2.16. The van der Waals surface area contributed by atoms with Gasteiger partial charge in [-0.1, -0.05) is 43.1 Å². The molecule has 1 N–H and O–H groups in total. The van der Waals surface area contributed by atoms with Gasteiger partial charge in [0.2, 0.25) is 0 Å². The van der Waals surface area contributed by atoms with E-state index in [-0.39, 0.29) is 17.6 Å². The number of hydrogen-bond donors (Lipinski definition) is 1. The second-order valence-corrected chi connectivity index (χ2v) is 9.84. The van der Waals surface area contributed by atoms with Crippen LogP contribution in [0.15, 0.2) is 47.8 Å². The zero-order valence-electron chi connectivity index (χ0n) is 18.8. The molecule has 0 saturated carbocycles. The Kier molecular flexibility index (Phi) is 8.40. The first-order valence-electron chi connectivity index (χ1n) is 10.5. The zero-order chi connectivity index (χ0) is 24.1. The van der Waals surface area contributed by atoms with Crippen molar-refractivity contribution < 1.29 is 19.1 Å². The van der Waals surface area contributed by atoms with Crippen LogP contribution in [0, 0.1) is 5.92 Å². The van der Waals surface area contributed by atoms with Crippen molar-refractivity contribution in [3.8, 4) is 16.9 Å². The predicted molar refractivity (Wildman–Crippen MR) is 135 cm³/mol. The number of halogens is 2. The smallest absolute Gasteiger partial charge is 0.342 e. The molecule has 33 heavy (non-hydrogen) atoms. The van der Waals surface area contributed by atoms with Gasteiger partial charge in [0, 0.05) is 32.1 Å². The van der Waals surface area contributed by atoms with Crippen LogP contribution < -0.4 is 10.1 Å². The summed E-state index contributed by atoms with van der Waals surface area (Å²) in [7, 11) is 0. The second kappa shape index (κ2) is 11.1. The normalized spacial score (nSPS) is 11.0. The summed E-state index contributed by atoms with van der Waals surface area (Å²) in [6.07, 6.45) is -0.326. The van der Waals surface area contributed by atoms with Crippen molar-refractivity contribution in [3.05, 3.63) is 69.0 Å². The van der Waals surface area contributed by atoms with Gasteiger partial charge in [-0.05, 0) is 56.2 Å². The first kappa shape index (κ1) is 25.1. The fraction of sp³-hybridized carbons (Fsp3) is 0.280. The number of nitrogens with one attached hydrogen (secondary N) is 1. The first-order chi connectivity index (χ1) is 15.7. The third-order valence-electron chi connectivity index (χ3n) is 4.49. The minimum Gasteiger partial charge on any atom is -0.493 e. The van der Waals surface area contributed by atoms with Crippen LogP contribution >= 0.6 is 34.5 Å². The van der Waals surface area contributed by atoms with E-state index in [9.17, 15) is 9.59 Å². The molecule has 0 unspecified atom stereocenters. The Morgan fingerprint density at radius 2 is 1.70 bits per heavy atom. The number of ether oxygens (including phenoxy) is 2. The third kappa shape index (κ3) is 6.50. The lowest BCUT2D eigenvalue weighted by atomic mass is 10.0. The number of rotatable bonds is 8. The molecular weight excluding hydrogens is 481 g/mol. The van der Waals surface area contributed by atoms with Crippen molar-refractivity contribution in [1.29, 1.82) is 0 Å². The van der Waals surface area contributed by atoms with Gasteiger partial charge in [0.1, 0.15) is 16.3 Å². The number of carbonyl (C=O) groups excluding carboxylic acids is 2. The van der Waals surface area contributed by atoms with Crippen molar-refractivity contribution in [2.75, 3.05) is 11.9 Å². The molecule has 0 radical (unpaired) electrons. The van der Waals surface area contributed by atoms with Crippen LogP contribution in [0.4, 0.5) is 5.00 Å². The summed E-state index contributed by atoms with van der Waals surface area (Å²) in [6, 6.07) is 11.9. The molecule has 0 bridgehead atoms. The number of hydrogen-bond acceptors (Lipinski definition) is 5. The third-order valence-corrected chi connectivity index (χ3v) is 5.93. The van der Waals surface area contributed by atoms with Gasteiger partial charge < -0.3 is 14.8 Å². The van der Waals surface area contributed by atoms with Gasteiger partial charge in [-0.2, -0.15) is 0 Å². The quantitative estimate of drug-likeness (QED) is 0.320. The number of thiophene rings is 1. The van der Waals surface area contributed by atoms with Gasteiger partial charge in [0.25, 0.3) is 5.91 Å². The maximum absolute atomic E-state index is 12.9. The summed E-state index contributed by atoms with van der Waals surface area (Å²) in [5.74, 6) is 0.205. The van der Waals surface area contributed by atoms with Crippen LogP contribution in [-0.4, -0.2) is 24.6 Å². The van der Waals surface area contributed by atoms with E-state index in [0.29, 0.717) is 50.0 Å². The number of benzene rings is 2. The van der Waals surface area contributed by atoms with Gasteiger partial charge in [-0.15, -0.1) is 11.3 Å². The fourth-order valence-electron chi connectivity index (χ4n) is 2.97. The first-order valence-corrected chi connectivity index (χ1v) is 12.1. The van der Waals surface area contributed by atoms with Crippen molar-refractivity contribution in [1.82, 2.24) is 0 Å². The Bertz CT molecular complexity index is 1140. The monoisotopic (exact) mass is 505 g/mol. The number of anilines is 1. The number of esters is 1. The summed E-state index contributed by atoms with van der Waals surface area (Å²) in [4.78, 5) is 25.9. The van der Waals surface area contributed by atoms with Gasteiger partial charge in [-0.3, -0.25) is 4.79 Å². The van der Waals surface area contributed by atoms with Crippen LogP contribution in [0.5, 0.6) is 5.75 Å². The minimum absolute atomic E-state index is 0.253. The average molecular weight is 506 g/mol. The van der Waals surface area contributed by atoms with Crippen LogP contribution in [0.25, 0.3) is 11.1 Å². The van der Waals surface area contributed by atoms with Gasteiger partial charge >= 0.3 is 5.97 Å². The van der Waals surface area contributed by atoms with Crippen LogP contribution in [0.1, 0.15) is 48.4 Å². The molecule has 0 spiro atoms. The van der Waals surface area contributed by atoms with E-state index in [1.54, 1.807) is 61.7 Å². The van der Waals surface area contributed by atoms with Crippen LogP contribution in [-0.2, 0) is 4.74 Å². The Balaban J connectivity index is 1.90. The zero-order valence-corrected chi connectivity index (χ0v) is 21.1. The molecule has 1 aromatic heterocycles. The van der Waals surface area contributed by atoms with Crippen molar-refractivity contribution in [2.24, 2.45) is 5.92 Å². The van der Waals surface area contributed by atoms with E-state index in [2.05, 4.69) is 19.2 Å². The molecular formula is C25H25Cl2NO4S.